The van der Waals surface area contributed by atoms with Gasteiger partial charge in [-0.25, -0.2) is 0 Å². The molecule has 0 bridgehead atoms. The van der Waals surface area contributed by atoms with Crippen molar-refractivity contribution in [3.63, 3.8) is 0 Å². The number of carbonyl (C=O) groups excluding carboxylic acids is 1. The third-order valence-corrected chi connectivity index (χ3v) is 4.11. The van der Waals surface area contributed by atoms with E-state index in [1.165, 1.54) is 19.3 Å². The van der Waals surface area contributed by atoms with Gasteiger partial charge in [-0.15, -0.1) is 0 Å². The van der Waals surface area contributed by atoms with Crippen LogP contribution in [0.2, 0.25) is 0 Å². The molecule has 0 saturated heterocycles. The van der Waals surface area contributed by atoms with Crippen molar-refractivity contribution < 1.29 is 9.53 Å². The highest BCUT2D eigenvalue weighted by Crippen LogP contribution is 2.26. The molecule has 0 aromatic carbocycles. The van der Waals surface area contributed by atoms with Crippen LogP contribution in [-0.2, 0) is 0 Å². The van der Waals surface area contributed by atoms with Crippen molar-refractivity contribution >= 4 is 5.91 Å². The van der Waals surface area contributed by atoms with E-state index in [4.69, 9.17) is 10.5 Å². The second-order valence-electron chi connectivity index (χ2n) is 5.51. The van der Waals surface area contributed by atoms with E-state index in [2.05, 4.69) is 4.98 Å². The minimum Gasteiger partial charge on any atom is -0.494 e. The smallest absolute Gasteiger partial charge is 0.257 e. The quantitative estimate of drug-likeness (QED) is 0.872. The molecule has 1 amide bonds. The number of rotatable bonds is 6. The molecule has 1 aromatic heterocycles. The van der Waals surface area contributed by atoms with Crippen LogP contribution < -0.4 is 10.5 Å². The van der Waals surface area contributed by atoms with E-state index < -0.39 is 0 Å². The van der Waals surface area contributed by atoms with Crippen LogP contribution >= 0.6 is 0 Å². The van der Waals surface area contributed by atoms with E-state index in [1.54, 1.807) is 25.6 Å². The first-order valence-electron chi connectivity index (χ1n) is 7.77. The number of ether oxygens (including phenoxy) is 1. The Kier molecular flexibility index (Phi) is 5.99. The Morgan fingerprint density at radius 1 is 1.43 bits per heavy atom. The summed E-state index contributed by atoms with van der Waals surface area (Å²) in [5, 5.41) is 0. The normalized spacial score (nSPS) is 15.7. The van der Waals surface area contributed by atoms with E-state index in [0.29, 0.717) is 30.4 Å². The summed E-state index contributed by atoms with van der Waals surface area (Å²) in [4.78, 5) is 18.9. The predicted molar refractivity (Wildman–Crippen MR) is 82.4 cm³/mol. The van der Waals surface area contributed by atoms with Gasteiger partial charge in [-0.1, -0.05) is 19.3 Å². The molecule has 21 heavy (non-hydrogen) atoms. The monoisotopic (exact) mass is 291 g/mol. The highest BCUT2D eigenvalue weighted by molar-refractivity contribution is 5.97. The van der Waals surface area contributed by atoms with E-state index in [0.717, 1.165) is 19.3 Å². The highest BCUT2D eigenvalue weighted by atomic mass is 16.5. The summed E-state index contributed by atoms with van der Waals surface area (Å²) in [6.07, 6.45) is 9.90. The third-order valence-electron chi connectivity index (χ3n) is 4.11. The number of methoxy groups -OCH3 is 1. The van der Waals surface area contributed by atoms with Crippen molar-refractivity contribution in [2.45, 2.75) is 44.6 Å². The first-order chi connectivity index (χ1) is 10.3. The zero-order valence-corrected chi connectivity index (χ0v) is 12.8. The maximum absolute atomic E-state index is 12.9. The van der Waals surface area contributed by atoms with Gasteiger partial charge in [-0.05, 0) is 31.9 Å². The van der Waals surface area contributed by atoms with Crippen molar-refractivity contribution in [2.24, 2.45) is 5.73 Å². The minimum atomic E-state index is 0.0367. The first-order valence-corrected chi connectivity index (χ1v) is 7.77. The van der Waals surface area contributed by atoms with Gasteiger partial charge in [0.1, 0.15) is 5.75 Å². The number of pyridine rings is 1. The SMILES string of the molecule is COc1cnccc1C(=O)N(CCCN)C1CCCCC1. The summed E-state index contributed by atoms with van der Waals surface area (Å²) in [7, 11) is 1.57. The van der Waals surface area contributed by atoms with E-state index in [1.807, 2.05) is 4.90 Å². The van der Waals surface area contributed by atoms with Crippen molar-refractivity contribution in [1.29, 1.82) is 0 Å². The molecule has 0 atom stereocenters. The van der Waals surface area contributed by atoms with Crippen LogP contribution in [0, 0.1) is 0 Å². The molecule has 2 rings (SSSR count). The van der Waals surface area contributed by atoms with E-state index in [9.17, 15) is 4.79 Å². The third kappa shape index (κ3) is 3.94. The number of hydrogen-bond acceptors (Lipinski definition) is 4. The summed E-state index contributed by atoms with van der Waals surface area (Å²) in [6.45, 7) is 1.31. The zero-order chi connectivity index (χ0) is 15.1. The summed E-state index contributed by atoms with van der Waals surface area (Å²) in [5.74, 6) is 0.575. The van der Waals surface area contributed by atoms with E-state index >= 15 is 0 Å². The van der Waals surface area contributed by atoms with Crippen molar-refractivity contribution in [1.82, 2.24) is 9.88 Å². The first kappa shape index (κ1) is 15.8. The number of nitrogens with two attached hydrogens (primary N) is 1. The topological polar surface area (TPSA) is 68.5 Å². The lowest BCUT2D eigenvalue weighted by Gasteiger charge is -2.34. The lowest BCUT2D eigenvalue weighted by atomic mass is 9.93. The maximum Gasteiger partial charge on any atom is 0.257 e. The van der Waals surface area contributed by atoms with Crippen molar-refractivity contribution in [3.8, 4) is 5.75 Å². The number of aromatic nitrogens is 1. The fraction of sp³-hybridized carbons (Fsp3) is 0.625. The standard InChI is InChI=1S/C16H25N3O2/c1-21-15-12-18-10-8-14(15)16(20)19(11-5-9-17)13-6-3-2-4-7-13/h8,10,12-13H,2-7,9,11,17H2,1H3. The van der Waals surface area contributed by atoms with Gasteiger partial charge in [0.05, 0.1) is 18.9 Å². The Balaban J connectivity index is 2.20. The molecule has 5 nitrogen and oxygen atoms in total. The summed E-state index contributed by atoms with van der Waals surface area (Å²) in [5.41, 5.74) is 6.22. The molecule has 0 aliphatic heterocycles. The zero-order valence-electron chi connectivity index (χ0n) is 12.8. The van der Waals surface area contributed by atoms with Gasteiger partial charge >= 0.3 is 0 Å². The van der Waals surface area contributed by atoms with Crippen molar-refractivity contribution in [3.05, 3.63) is 24.0 Å². The van der Waals surface area contributed by atoms with Crippen LogP contribution in [0.1, 0.15) is 48.9 Å². The molecule has 0 radical (unpaired) electrons. The summed E-state index contributed by atoms with van der Waals surface area (Å²) < 4.78 is 5.27. The number of carbonyl (C=O) groups is 1. The number of nitrogens with zero attached hydrogens (tertiary/aromatic N) is 2. The maximum atomic E-state index is 12.9. The van der Waals surface area contributed by atoms with Crippen LogP contribution in [0.4, 0.5) is 0 Å². The van der Waals surface area contributed by atoms with Gasteiger partial charge in [-0.2, -0.15) is 0 Å². The Labute approximate surface area is 126 Å². The van der Waals surface area contributed by atoms with Crippen LogP contribution in [0.3, 0.4) is 0 Å². The van der Waals surface area contributed by atoms with Gasteiger partial charge in [0, 0.05) is 18.8 Å². The molecular weight excluding hydrogens is 266 g/mol. The van der Waals surface area contributed by atoms with Crippen LogP contribution in [0.5, 0.6) is 5.75 Å². The Morgan fingerprint density at radius 2 is 2.19 bits per heavy atom. The van der Waals surface area contributed by atoms with E-state index in [-0.39, 0.29) is 5.91 Å². The molecule has 1 heterocycles. The molecule has 0 spiro atoms. The largest absolute Gasteiger partial charge is 0.494 e. The molecule has 0 unspecified atom stereocenters. The fourth-order valence-corrected chi connectivity index (χ4v) is 2.98. The van der Waals surface area contributed by atoms with Crippen LogP contribution in [0.25, 0.3) is 0 Å². The summed E-state index contributed by atoms with van der Waals surface area (Å²) >= 11 is 0. The molecule has 1 saturated carbocycles. The molecule has 1 aromatic rings. The summed E-state index contributed by atoms with van der Waals surface area (Å²) in [6, 6.07) is 2.06. The molecule has 1 fully saturated rings. The average Bonchev–Trinajstić information content (AvgIpc) is 2.56. The molecule has 116 valence electrons. The second kappa shape index (κ2) is 7.98. The highest BCUT2D eigenvalue weighted by Gasteiger charge is 2.27. The molecule has 2 N–H and O–H groups in total. The molecule has 1 aliphatic rings. The Hall–Kier alpha value is -1.62. The fourth-order valence-electron chi connectivity index (χ4n) is 2.98. The molecule has 1 aliphatic carbocycles. The van der Waals surface area contributed by atoms with Crippen LogP contribution in [-0.4, -0.2) is 42.0 Å². The lowest BCUT2D eigenvalue weighted by Crippen LogP contribution is -2.42. The van der Waals surface area contributed by atoms with Gasteiger partial charge < -0.3 is 15.4 Å². The Morgan fingerprint density at radius 3 is 2.86 bits per heavy atom. The molecular formula is C16H25N3O2. The van der Waals surface area contributed by atoms with Crippen LogP contribution in [0.15, 0.2) is 18.5 Å². The van der Waals surface area contributed by atoms with Gasteiger partial charge in [0.2, 0.25) is 0 Å². The number of amides is 1. The second-order valence-corrected chi connectivity index (χ2v) is 5.51. The molecule has 5 heteroatoms. The van der Waals surface area contributed by atoms with Gasteiger partial charge in [0.25, 0.3) is 5.91 Å². The minimum absolute atomic E-state index is 0.0367. The average molecular weight is 291 g/mol. The Bertz CT molecular complexity index is 459. The van der Waals surface area contributed by atoms with Gasteiger partial charge in [-0.3, -0.25) is 9.78 Å². The lowest BCUT2D eigenvalue weighted by molar-refractivity contribution is 0.0629. The predicted octanol–water partition coefficient (Wildman–Crippen LogP) is 2.21. The van der Waals surface area contributed by atoms with Gasteiger partial charge in [0.15, 0.2) is 0 Å². The number of hydrogen-bond donors (Lipinski definition) is 1. The van der Waals surface area contributed by atoms with Crippen molar-refractivity contribution in [2.75, 3.05) is 20.2 Å².